The summed E-state index contributed by atoms with van der Waals surface area (Å²) in [5.74, 6) is -0.119. The summed E-state index contributed by atoms with van der Waals surface area (Å²) in [5.41, 5.74) is 15.1. The first-order chi connectivity index (χ1) is 26.0. The molecule has 0 aliphatic carbocycles. The first-order valence-electron chi connectivity index (χ1n) is 17.5. The van der Waals surface area contributed by atoms with Crippen molar-refractivity contribution >= 4 is 113 Å². The van der Waals surface area contributed by atoms with Gasteiger partial charge in [-0.3, -0.25) is 9.59 Å². The van der Waals surface area contributed by atoms with Crippen molar-refractivity contribution in [3.05, 3.63) is 91.4 Å². The van der Waals surface area contributed by atoms with E-state index in [2.05, 4.69) is 31.0 Å². The van der Waals surface area contributed by atoms with Crippen molar-refractivity contribution in [3.8, 4) is 20.9 Å². The van der Waals surface area contributed by atoms with E-state index in [4.69, 9.17) is 57.9 Å². The highest BCUT2D eigenvalue weighted by Crippen LogP contribution is 2.40. The second-order valence-corrected chi connectivity index (χ2v) is 17.4. The molecule has 2 saturated heterocycles. The number of carbonyl (C=O) groups excluding carboxylic acids is 2. The fraction of sp³-hybridized carbons (Fsp3) is 0.316. The van der Waals surface area contributed by atoms with Crippen LogP contribution >= 0.6 is 81.5 Å². The molecule has 55 heavy (non-hydrogen) atoms. The van der Waals surface area contributed by atoms with Crippen LogP contribution in [0.5, 0.6) is 0 Å². The number of nitrogens with one attached hydrogen (secondary N) is 2. The topological polar surface area (TPSA) is 162 Å². The Balaban J connectivity index is 0.000000184. The summed E-state index contributed by atoms with van der Waals surface area (Å²) >= 11 is 27.5. The lowest BCUT2D eigenvalue weighted by atomic mass is 9.93. The second kappa shape index (κ2) is 18.4. The smallest absolute Gasteiger partial charge is 0.270 e. The molecule has 17 heteroatoms. The number of thiophene rings is 2. The normalized spacial score (nSPS) is 17.0. The molecular weight excluding hydrogens is 842 g/mol. The lowest BCUT2D eigenvalue weighted by Gasteiger charge is -2.22. The zero-order chi connectivity index (χ0) is 37.9. The molecule has 2 aliphatic heterocycles. The maximum atomic E-state index is 11.8. The Bertz CT molecular complexity index is 2160. The van der Waals surface area contributed by atoms with E-state index in [1.807, 2.05) is 36.4 Å². The van der Waals surface area contributed by atoms with Crippen LogP contribution in [0, 0.1) is 11.8 Å². The predicted octanol–water partition coefficient (Wildman–Crippen LogP) is 9.03. The number of halogens is 5. The number of hydrogen-bond acceptors (Lipinski definition) is 10. The van der Waals surface area contributed by atoms with Crippen LogP contribution in [0.25, 0.3) is 41.1 Å². The van der Waals surface area contributed by atoms with Crippen LogP contribution in [0.2, 0.25) is 20.1 Å². The van der Waals surface area contributed by atoms with Crippen LogP contribution in [0.4, 0.5) is 0 Å². The molecule has 2 fully saturated rings. The third-order valence-corrected chi connectivity index (χ3v) is 12.8. The van der Waals surface area contributed by atoms with Gasteiger partial charge in [0.15, 0.2) is 11.4 Å². The molecular formula is C38H37Cl5N8O2S2. The summed E-state index contributed by atoms with van der Waals surface area (Å²) in [6.45, 7) is 4.08. The van der Waals surface area contributed by atoms with Gasteiger partial charge in [-0.05, 0) is 136 Å². The lowest BCUT2D eigenvalue weighted by Crippen LogP contribution is -2.31. The van der Waals surface area contributed by atoms with Crippen LogP contribution < -0.4 is 22.1 Å². The molecule has 0 bridgehead atoms. The predicted molar refractivity (Wildman–Crippen MR) is 229 cm³/mol. The number of fused-ring (bicyclic) bond motifs is 2. The molecule has 288 valence electrons. The number of primary amides is 2. The van der Waals surface area contributed by atoms with Crippen LogP contribution in [0.1, 0.15) is 58.0 Å². The maximum absolute atomic E-state index is 11.8. The quantitative estimate of drug-likeness (QED) is 0.118. The Kier molecular flexibility index (Phi) is 13.9. The third kappa shape index (κ3) is 9.87. The average molecular weight is 879 g/mol. The molecule has 0 spiro atoms. The summed E-state index contributed by atoms with van der Waals surface area (Å²) in [7, 11) is 0. The van der Waals surface area contributed by atoms with Gasteiger partial charge in [-0.25, -0.2) is 0 Å². The summed E-state index contributed by atoms with van der Waals surface area (Å²) < 4.78 is 1.53. The minimum atomic E-state index is -0.573. The maximum Gasteiger partial charge on any atom is 0.270 e. The number of benzene rings is 2. The molecule has 2 unspecified atom stereocenters. The van der Waals surface area contributed by atoms with Crippen molar-refractivity contribution in [2.24, 2.45) is 23.3 Å². The van der Waals surface area contributed by atoms with Crippen LogP contribution in [-0.4, -0.2) is 58.4 Å². The summed E-state index contributed by atoms with van der Waals surface area (Å²) in [5, 5.41) is 27.9. The van der Waals surface area contributed by atoms with Crippen molar-refractivity contribution in [1.29, 1.82) is 0 Å². The highest BCUT2D eigenvalue weighted by atomic mass is 35.5. The van der Waals surface area contributed by atoms with Gasteiger partial charge in [0.1, 0.15) is 0 Å². The fourth-order valence-electron chi connectivity index (χ4n) is 7.03. The van der Waals surface area contributed by atoms with Gasteiger partial charge >= 0.3 is 0 Å². The van der Waals surface area contributed by atoms with E-state index in [-0.39, 0.29) is 23.8 Å². The highest BCUT2D eigenvalue weighted by molar-refractivity contribution is 7.23. The van der Waals surface area contributed by atoms with Crippen molar-refractivity contribution in [3.63, 3.8) is 0 Å². The standard InChI is InChI=1S/2C19H18Cl2N4OS.ClH/c2*20-12-5-11(6-13(21)7-12)16-8-14-15(4-10-2-1-3-23-9-10)24-25-17(19(22)26)18(14)27-16;/h2*5-8,10,23H,1-4,9H2,(H2,22,26);1H. The third-order valence-electron chi connectivity index (χ3n) is 9.58. The molecule has 6 N–H and O–H groups in total. The number of aromatic nitrogens is 4. The van der Waals surface area contributed by atoms with Crippen molar-refractivity contribution in [2.75, 3.05) is 26.2 Å². The van der Waals surface area contributed by atoms with E-state index in [9.17, 15) is 9.59 Å². The first kappa shape index (κ1) is 41.5. The van der Waals surface area contributed by atoms with E-state index >= 15 is 0 Å². The highest BCUT2D eigenvalue weighted by Gasteiger charge is 2.23. The number of nitrogens with two attached hydrogens (primary N) is 2. The molecule has 2 aliphatic rings. The Hall–Kier alpha value is -3.17. The number of rotatable bonds is 8. The molecule has 8 rings (SSSR count). The van der Waals surface area contributed by atoms with Crippen LogP contribution in [-0.2, 0) is 12.8 Å². The number of nitrogens with zero attached hydrogens (tertiary/aromatic N) is 4. The van der Waals surface area contributed by atoms with Gasteiger partial charge in [0.25, 0.3) is 11.8 Å². The molecule has 6 aromatic rings. The monoisotopic (exact) mass is 876 g/mol. The molecule has 10 nitrogen and oxygen atoms in total. The van der Waals surface area contributed by atoms with Gasteiger partial charge in [-0.1, -0.05) is 46.4 Å². The molecule has 0 radical (unpaired) electrons. The molecule has 6 heterocycles. The number of amides is 2. The Morgan fingerprint density at radius 2 is 1.00 bits per heavy atom. The summed E-state index contributed by atoms with van der Waals surface area (Å²) in [6.07, 6.45) is 6.29. The molecule has 2 aromatic carbocycles. The Morgan fingerprint density at radius 3 is 1.33 bits per heavy atom. The van der Waals surface area contributed by atoms with Crippen molar-refractivity contribution in [2.45, 2.75) is 38.5 Å². The molecule has 2 atom stereocenters. The summed E-state index contributed by atoms with van der Waals surface area (Å²) in [6, 6.07) is 14.9. The number of carbonyl (C=O) groups is 2. The van der Waals surface area contributed by atoms with E-state index in [0.717, 1.165) is 117 Å². The number of hydrogen-bond donors (Lipinski definition) is 4. The lowest BCUT2D eigenvalue weighted by molar-refractivity contribution is 0.0988. The number of piperidine rings is 2. The van der Waals surface area contributed by atoms with Crippen LogP contribution in [0.15, 0.2) is 48.5 Å². The van der Waals surface area contributed by atoms with Gasteiger partial charge in [0, 0.05) is 40.6 Å². The van der Waals surface area contributed by atoms with Gasteiger partial charge in [-0.2, -0.15) is 10.2 Å². The van der Waals surface area contributed by atoms with E-state index in [0.29, 0.717) is 31.9 Å². The SMILES string of the molecule is Cl.NC(=O)c1nnc(CC2CCCNC2)c2cc(-c3cc(Cl)cc(Cl)c3)sc12.NC(=O)c1nnc(CC2CCCNC2)c2cc(-c3cc(Cl)cc(Cl)c3)sc12. The largest absolute Gasteiger partial charge is 0.364 e. The minimum absolute atomic E-state index is 0. The molecule has 0 saturated carbocycles. The van der Waals surface area contributed by atoms with E-state index in [1.165, 1.54) is 22.7 Å². The Labute approximate surface area is 352 Å². The second-order valence-electron chi connectivity index (χ2n) is 13.6. The van der Waals surface area contributed by atoms with Gasteiger partial charge in [0.05, 0.1) is 20.8 Å². The van der Waals surface area contributed by atoms with Gasteiger partial charge in [0.2, 0.25) is 0 Å². The summed E-state index contributed by atoms with van der Waals surface area (Å²) in [4.78, 5) is 25.6. The Morgan fingerprint density at radius 1 is 0.618 bits per heavy atom. The van der Waals surface area contributed by atoms with Gasteiger partial charge in [-0.15, -0.1) is 45.3 Å². The first-order valence-corrected chi connectivity index (χ1v) is 20.7. The average Bonchev–Trinajstić information content (AvgIpc) is 3.79. The minimum Gasteiger partial charge on any atom is -0.364 e. The van der Waals surface area contributed by atoms with E-state index < -0.39 is 11.8 Å². The zero-order valence-corrected chi connectivity index (χ0v) is 34.8. The van der Waals surface area contributed by atoms with Crippen molar-refractivity contribution in [1.82, 2.24) is 31.0 Å². The zero-order valence-electron chi connectivity index (χ0n) is 29.3. The van der Waals surface area contributed by atoms with E-state index in [1.54, 1.807) is 12.1 Å². The molecule has 4 aromatic heterocycles. The van der Waals surface area contributed by atoms with Crippen LogP contribution in [0.3, 0.4) is 0 Å². The van der Waals surface area contributed by atoms with Gasteiger partial charge < -0.3 is 22.1 Å². The fourth-order valence-corrected chi connectivity index (χ4v) is 10.4. The van der Waals surface area contributed by atoms with Crippen molar-refractivity contribution < 1.29 is 9.59 Å². The molecule has 2 amide bonds.